The summed E-state index contributed by atoms with van der Waals surface area (Å²) in [6, 6.07) is 0.321. The van der Waals surface area contributed by atoms with Gasteiger partial charge in [0, 0.05) is 29.8 Å². The molecule has 1 amide bonds. The van der Waals surface area contributed by atoms with E-state index in [0.29, 0.717) is 30.2 Å². The molecule has 2 atom stereocenters. The van der Waals surface area contributed by atoms with E-state index in [1.165, 1.54) is 32.9 Å². The van der Waals surface area contributed by atoms with E-state index in [2.05, 4.69) is 5.32 Å². The number of nitrogens with zero attached hydrogens (tertiary/aromatic N) is 2. The van der Waals surface area contributed by atoms with Gasteiger partial charge in [0.25, 0.3) is 5.56 Å². The number of hydrogen-bond acceptors (Lipinski definition) is 4. The molecule has 0 radical (unpaired) electrons. The van der Waals surface area contributed by atoms with Gasteiger partial charge in [-0.2, -0.15) is 13.2 Å². The van der Waals surface area contributed by atoms with Crippen LogP contribution in [-0.2, 0) is 22.2 Å². The molecule has 268 valence electrons. The molecular formula is C37H45F6N3O3. The summed E-state index contributed by atoms with van der Waals surface area (Å²) in [4.78, 5) is 41.5. The number of pyridine rings is 1. The van der Waals surface area contributed by atoms with Gasteiger partial charge in [0.1, 0.15) is 29.3 Å². The van der Waals surface area contributed by atoms with Crippen LogP contribution in [-0.4, -0.2) is 41.8 Å². The topological polar surface area (TPSA) is 71.4 Å². The Morgan fingerprint density at radius 3 is 2.08 bits per heavy atom. The quantitative estimate of drug-likeness (QED) is 0.184. The lowest BCUT2D eigenvalue weighted by Gasteiger charge is -2.27. The number of amides is 1. The minimum absolute atomic E-state index is 0.00784. The van der Waals surface area contributed by atoms with Crippen molar-refractivity contribution in [2.24, 2.45) is 5.92 Å². The lowest BCUT2D eigenvalue weighted by atomic mass is 9.88. The Kier molecular flexibility index (Phi) is 12.7. The van der Waals surface area contributed by atoms with Gasteiger partial charge in [0.05, 0.1) is 11.6 Å². The fraction of sp³-hybridized carbons (Fsp3) is 0.486. The van der Waals surface area contributed by atoms with Crippen LogP contribution in [0.5, 0.6) is 0 Å². The number of hydrogen-bond donors (Lipinski definition) is 1. The summed E-state index contributed by atoms with van der Waals surface area (Å²) < 4.78 is 90.3. The molecule has 0 saturated heterocycles. The number of aryl methyl sites for hydroxylation is 4. The molecule has 0 bridgehead atoms. The van der Waals surface area contributed by atoms with Crippen LogP contribution in [0.15, 0.2) is 29.2 Å². The van der Waals surface area contributed by atoms with Gasteiger partial charge in [0.2, 0.25) is 5.91 Å². The number of Topliss-reactive ketones (excluding diaryl/α,β-unsaturated/α-hetero) is 1. The molecule has 1 aromatic heterocycles. The number of carbonyl (C=O) groups is 2. The summed E-state index contributed by atoms with van der Waals surface area (Å²) in [6.45, 7) is 11.2. The van der Waals surface area contributed by atoms with Crippen LogP contribution in [0.1, 0.15) is 91.1 Å². The van der Waals surface area contributed by atoms with E-state index in [0.717, 1.165) is 10.8 Å². The average Bonchev–Trinajstić information content (AvgIpc) is 2.97. The van der Waals surface area contributed by atoms with Crippen molar-refractivity contribution in [3.63, 3.8) is 0 Å². The molecule has 2 aromatic carbocycles. The Morgan fingerprint density at radius 2 is 1.53 bits per heavy atom. The number of aromatic nitrogens is 1. The number of carbonyl (C=O) groups excluding carboxylic acids is 2. The van der Waals surface area contributed by atoms with Crippen molar-refractivity contribution in [1.29, 1.82) is 0 Å². The van der Waals surface area contributed by atoms with Crippen LogP contribution in [0.3, 0.4) is 0 Å². The highest BCUT2D eigenvalue weighted by Gasteiger charge is 2.36. The predicted octanol–water partition coefficient (Wildman–Crippen LogP) is 8.10. The zero-order valence-electron chi connectivity index (χ0n) is 29.5. The maximum atomic E-state index is 16.5. The summed E-state index contributed by atoms with van der Waals surface area (Å²) in [5, 5.41) is 2.55. The highest BCUT2D eigenvalue weighted by Crippen LogP contribution is 2.38. The first-order valence-corrected chi connectivity index (χ1v) is 16.2. The van der Waals surface area contributed by atoms with E-state index in [4.69, 9.17) is 0 Å². The minimum Gasteiger partial charge on any atom is -0.347 e. The molecular weight excluding hydrogens is 648 g/mol. The maximum absolute atomic E-state index is 16.5. The van der Waals surface area contributed by atoms with Crippen molar-refractivity contribution >= 4 is 11.7 Å². The van der Waals surface area contributed by atoms with Gasteiger partial charge >= 0.3 is 6.18 Å². The highest BCUT2D eigenvalue weighted by molar-refractivity contribution is 5.83. The number of halogens is 6. The van der Waals surface area contributed by atoms with Crippen molar-refractivity contribution in [1.82, 2.24) is 14.8 Å². The number of benzene rings is 2. The number of rotatable bonds is 13. The molecule has 3 rings (SSSR count). The van der Waals surface area contributed by atoms with Crippen LogP contribution >= 0.6 is 0 Å². The second-order valence-electron chi connectivity index (χ2n) is 13.6. The fourth-order valence-corrected chi connectivity index (χ4v) is 6.32. The van der Waals surface area contributed by atoms with Gasteiger partial charge in [-0.05, 0) is 120 Å². The standard InChI is InChI=1S/C37H45F6N3O3/c1-19(2)13-29(46-18-25(11-10-12-45(8)9)27(17-30(46)48)37(41,42)43)36(49)44-28(16-23(6)47)32-34(39)22(5)15-26(35(32)40)31-20(3)14-21(4)33(38)24(31)7/h14-15,17-19,28-29H,10-13,16H2,1-9H3,(H,44,49)/t28-,29-/m0/s1. The first kappa shape index (κ1) is 39.5. The average molecular weight is 694 g/mol. The summed E-state index contributed by atoms with van der Waals surface area (Å²) in [7, 11) is 3.55. The lowest BCUT2D eigenvalue weighted by molar-refractivity contribution is -0.138. The van der Waals surface area contributed by atoms with Gasteiger partial charge < -0.3 is 14.8 Å². The summed E-state index contributed by atoms with van der Waals surface area (Å²) in [6.07, 6.45) is -4.01. The Hall–Kier alpha value is -3.93. The molecule has 0 unspecified atom stereocenters. The smallest absolute Gasteiger partial charge is 0.347 e. The molecule has 0 spiro atoms. The van der Waals surface area contributed by atoms with Crippen LogP contribution in [0, 0.1) is 51.1 Å². The molecule has 0 aliphatic rings. The Bertz CT molecular complexity index is 1780. The largest absolute Gasteiger partial charge is 0.416 e. The van der Waals surface area contributed by atoms with Gasteiger partial charge in [-0.1, -0.05) is 19.9 Å². The SMILES string of the molecule is CC(=O)C[C@H](NC(=O)[C@H](CC(C)C)n1cc(CCCN(C)C)c(C(F)(F)F)cc1=O)c1c(F)c(C)cc(-c2c(C)cc(C)c(F)c2C)c1F. The van der Waals surface area contributed by atoms with E-state index in [1.807, 2.05) is 0 Å². The van der Waals surface area contributed by atoms with Crippen LogP contribution in [0.25, 0.3) is 11.1 Å². The second kappa shape index (κ2) is 15.7. The molecule has 12 heteroatoms. The van der Waals surface area contributed by atoms with Crippen molar-refractivity contribution in [3.8, 4) is 11.1 Å². The second-order valence-corrected chi connectivity index (χ2v) is 13.6. The van der Waals surface area contributed by atoms with Crippen LogP contribution in [0.2, 0.25) is 0 Å². The first-order chi connectivity index (χ1) is 22.6. The van der Waals surface area contributed by atoms with E-state index >= 15 is 8.78 Å². The minimum atomic E-state index is -4.82. The van der Waals surface area contributed by atoms with Crippen molar-refractivity contribution in [3.05, 3.63) is 91.1 Å². The lowest BCUT2D eigenvalue weighted by Crippen LogP contribution is -2.41. The third-order valence-corrected chi connectivity index (χ3v) is 8.57. The zero-order valence-corrected chi connectivity index (χ0v) is 29.5. The van der Waals surface area contributed by atoms with Crippen molar-refractivity contribution in [2.45, 2.75) is 92.4 Å². The third-order valence-electron chi connectivity index (χ3n) is 8.57. The molecule has 1 heterocycles. The van der Waals surface area contributed by atoms with E-state index in [9.17, 15) is 31.9 Å². The number of nitrogens with one attached hydrogen (secondary N) is 1. The number of alkyl halides is 3. The normalized spacial score (nSPS) is 13.2. The van der Waals surface area contributed by atoms with E-state index < -0.39 is 70.5 Å². The van der Waals surface area contributed by atoms with E-state index in [-0.39, 0.29) is 46.6 Å². The fourth-order valence-electron chi connectivity index (χ4n) is 6.32. The Balaban J connectivity index is 2.20. The molecule has 0 aliphatic heterocycles. The van der Waals surface area contributed by atoms with Crippen molar-refractivity contribution < 1.29 is 35.9 Å². The molecule has 49 heavy (non-hydrogen) atoms. The number of ketones is 1. The van der Waals surface area contributed by atoms with Crippen LogP contribution in [0.4, 0.5) is 26.3 Å². The van der Waals surface area contributed by atoms with Gasteiger partial charge in [-0.15, -0.1) is 0 Å². The monoisotopic (exact) mass is 693 g/mol. The predicted molar refractivity (Wildman–Crippen MR) is 178 cm³/mol. The zero-order chi connectivity index (χ0) is 37.1. The first-order valence-electron chi connectivity index (χ1n) is 16.2. The highest BCUT2D eigenvalue weighted by atomic mass is 19.4. The summed E-state index contributed by atoms with van der Waals surface area (Å²) >= 11 is 0. The summed E-state index contributed by atoms with van der Waals surface area (Å²) in [5.41, 5.74) is -1.89. The molecule has 6 nitrogen and oxygen atoms in total. The maximum Gasteiger partial charge on any atom is 0.416 e. The molecule has 0 fully saturated rings. The van der Waals surface area contributed by atoms with Gasteiger partial charge in [-0.3, -0.25) is 14.4 Å². The summed E-state index contributed by atoms with van der Waals surface area (Å²) in [5.74, 6) is -4.34. The Labute approximate surface area is 283 Å². The van der Waals surface area contributed by atoms with Gasteiger partial charge in [-0.25, -0.2) is 13.2 Å². The molecule has 3 aromatic rings. The molecule has 1 N–H and O–H groups in total. The van der Waals surface area contributed by atoms with Crippen molar-refractivity contribution in [2.75, 3.05) is 20.6 Å². The Morgan fingerprint density at radius 1 is 0.918 bits per heavy atom. The van der Waals surface area contributed by atoms with E-state index in [1.54, 1.807) is 46.7 Å². The molecule has 0 saturated carbocycles. The third kappa shape index (κ3) is 9.20. The van der Waals surface area contributed by atoms with Crippen LogP contribution < -0.4 is 10.9 Å². The molecule has 0 aliphatic carbocycles. The van der Waals surface area contributed by atoms with Gasteiger partial charge in [0.15, 0.2) is 0 Å².